The molecule has 11 heavy (non-hydrogen) atoms. The number of aromatic nitrogens is 2. The van der Waals surface area contributed by atoms with Crippen LogP contribution < -0.4 is 4.74 Å². The van der Waals surface area contributed by atoms with Crippen molar-refractivity contribution in [3.05, 3.63) is 18.5 Å². The van der Waals surface area contributed by atoms with Gasteiger partial charge in [-0.1, -0.05) is 0 Å². The molecule has 3 heteroatoms. The summed E-state index contributed by atoms with van der Waals surface area (Å²) < 4.78 is 5.28. The lowest BCUT2D eigenvalue weighted by atomic mass is 10.5. The number of nitrogens with zero attached hydrogens (tertiary/aromatic N) is 2. The normalized spacial score (nSPS) is 16.4. The lowest BCUT2D eigenvalue weighted by Gasteiger charge is -1.99. The molecule has 0 N–H and O–H groups in total. The van der Waals surface area contributed by atoms with Crippen molar-refractivity contribution in [2.45, 2.75) is 12.8 Å². The summed E-state index contributed by atoms with van der Waals surface area (Å²) in [6.07, 6.45) is 6.88. The van der Waals surface area contributed by atoms with E-state index in [4.69, 9.17) is 4.74 Å². The van der Waals surface area contributed by atoms with Crippen LogP contribution in [0.4, 0.5) is 0 Å². The smallest absolute Gasteiger partial charge is 0.316 e. The maximum absolute atomic E-state index is 5.28. The molecule has 0 aromatic carbocycles. The van der Waals surface area contributed by atoms with Crippen molar-refractivity contribution in [3.8, 4) is 6.01 Å². The highest BCUT2D eigenvalue weighted by Crippen LogP contribution is 2.28. The van der Waals surface area contributed by atoms with E-state index in [9.17, 15) is 0 Å². The van der Waals surface area contributed by atoms with E-state index in [0.29, 0.717) is 6.01 Å². The first-order valence-electron chi connectivity index (χ1n) is 3.77. The van der Waals surface area contributed by atoms with E-state index in [2.05, 4.69) is 16.2 Å². The molecule has 0 amide bonds. The van der Waals surface area contributed by atoms with Crippen LogP contribution in [-0.4, -0.2) is 16.6 Å². The summed E-state index contributed by atoms with van der Waals surface area (Å²) >= 11 is 0. The van der Waals surface area contributed by atoms with E-state index in [1.54, 1.807) is 12.3 Å². The zero-order valence-electron chi connectivity index (χ0n) is 6.16. The summed E-state index contributed by atoms with van der Waals surface area (Å²) in [6.45, 7) is 0.762. The van der Waals surface area contributed by atoms with Gasteiger partial charge in [0, 0.05) is 6.20 Å². The fraction of sp³-hybridized carbons (Fsp3) is 0.500. The van der Waals surface area contributed by atoms with Gasteiger partial charge in [-0.05, 0) is 24.8 Å². The van der Waals surface area contributed by atoms with Gasteiger partial charge in [0.2, 0.25) is 0 Å². The van der Waals surface area contributed by atoms with Crippen LogP contribution in [0.3, 0.4) is 0 Å². The van der Waals surface area contributed by atoms with E-state index in [-0.39, 0.29) is 0 Å². The molecule has 1 aromatic rings. The maximum atomic E-state index is 5.28. The highest BCUT2D eigenvalue weighted by atomic mass is 16.5. The van der Waals surface area contributed by atoms with Gasteiger partial charge in [0.15, 0.2) is 0 Å². The van der Waals surface area contributed by atoms with E-state index in [1.165, 1.54) is 12.8 Å². The second-order valence-corrected chi connectivity index (χ2v) is 2.72. The monoisotopic (exact) mass is 149 g/mol. The Bertz CT molecular complexity index is 221. The van der Waals surface area contributed by atoms with Crippen LogP contribution in [0.1, 0.15) is 12.8 Å². The molecule has 0 bridgehead atoms. The van der Waals surface area contributed by atoms with Crippen molar-refractivity contribution < 1.29 is 4.74 Å². The van der Waals surface area contributed by atoms with Crippen molar-refractivity contribution in [2.24, 2.45) is 5.92 Å². The fourth-order valence-electron chi connectivity index (χ4n) is 0.802. The molecule has 0 aliphatic heterocycles. The standard InChI is InChI=1S/C8H9N2O/c1-4-9-8(10-5-1)11-6-7-2-3-7/h1,4,7H,2-3,6H2. The molecule has 0 saturated heterocycles. The van der Waals surface area contributed by atoms with Gasteiger partial charge in [-0.15, -0.1) is 0 Å². The highest BCUT2D eigenvalue weighted by Gasteiger charge is 2.22. The average Bonchev–Trinajstić information content (AvgIpc) is 2.86. The predicted octanol–water partition coefficient (Wildman–Crippen LogP) is 1.07. The molecule has 1 fully saturated rings. The summed E-state index contributed by atoms with van der Waals surface area (Å²) in [4.78, 5) is 7.73. The number of hydrogen-bond acceptors (Lipinski definition) is 3. The summed E-state index contributed by atoms with van der Waals surface area (Å²) in [7, 11) is 0. The summed E-state index contributed by atoms with van der Waals surface area (Å²) in [5.74, 6) is 0.749. The van der Waals surface area contributed by atoms with Gasteiger partial charge in [-0.2, -0.15) is 4.98 Å². The van der Waals surface area contributed by atoms with E-state index in [0.717, 1.165) is 12.5 Å². The van der Waals surface area contributed by atoms with Gasteiger partial charge in [0.25, 0.3) is 0 Å². The van der Waals surface area contributed by atoms with Gasteiger partial charge in [-0.3, -0.25) is 0 Å². The molecule has 0 unspecified atom stereocenters. The Morgan fingerprint density at radius 2 is 2.55 bits per heavy atom. The van der Waals surface area contributed by atoms with Crippen LogP contribution >= 0.6 is 0 Å². The SMILES string of the molecule is [c]1ccnc(OCC2CC2)n1. The quantitative estimate of drug-likeness (QED) is 0.644. The van der Waals surface area contributed by atoms with Crippen molar-refractivity contribution >= 4 is 0 Å². The Hall–Kier alpha value is -1.12. The second kappa shape index (κ2) is 2.86. The third-order valence-corrected chi connectivity index (χ3v) is 1.64. The van der Waals surface area contributed by atoms with Crippen LogP contribution in [0.5, 0.6) is 6.01 Å². The first-order valence-corrected chi connectivity index (χ1v) is 3.77. The molecule has 0 atom stereocenters. The maximum Gasteiger partial charge on any atom is 0.316 e. The second-order valence-electron chi connectivity index (χ2n) is 2.72. The molecule has 1 radical (unpaired) electrons. The van der Waals surface area contributed by atoms with Crippen LogP contribution in [0, 0.1) is 12.1 Å². The lowest BCUT2D eigenvalue weighted by molar-refractivity contribution is 0.276. The largest absolute Gasteiger partial charge is 0.463 e. The van der Waals surface area contributed by atoms with Crippen LogP contribution in [0.25, 0.3) is 0 Å². The summed E-state index contributed by atoms with van der Waals surface area (Å²) in [6, 6.07) is 2.10. The third kappa shape index (κ3) is 1.90. The minimum absolute atomic E-state index is 0.444. The molecule has 2 rings (SSSR count). The van der Waals surface area contributed by atoms with Crippen molar-refractivity contribution in [3.63, 3.8) is 0 Å². The molecular weight excluding hydrogens is 140 g/mol. The highest BCUT2D eigenvalue weighted by molar-refractivity contribution is 4.92. The number of ether oxygens (including phenoxy) is 1. The Labute approximate surface area is 65.4 Å². The van der Waals surface area contributed by atoms with Crippen molar-refractivity contribution in [1.29, 1.82) is 0 Å². The Morgan fingerprint density at radius 3 is 3.18 bits per heavy atom. The Kier molecular flexibility index (Phi) is 1.71. The van der Waals surface area contributed by atoms with Crippen molar-refractivity contribution in [2.75, 3.05) is 6.61 Å². The van der Waals surface area contributed by atoms with Crippen LogP contribution in [0.2, 0.25) is 0 Å². The Morgan fingerprint density at radius 1 is 1.64 bits per heavy atom. The molecular formula is C8H9N2O. The van der Waals surface area contributed by atoms with Gasteiger partial charge < -0.3 is 4.74 Å². The first-order chi connectivity index (χ1) is 5.45. The topological polar surface area (TPSA) is 35.0 Å². The van der Waals surface area contributed by atoms with Gasteiger partial charge >= 0.3 is 6.01 Å². The molecule has 1 aromatic heterocycles. The van der Waals surface area contributed by atoms with E-state index in [1.807, 2.05) is 0 Å². The van der Waals surface area contributed by atoms with Crippen molar-refractivity contribution in [1.82, 2.24) is 9.97 Å². The summed E-state index contributed by atoms with van der Waals surface area (Å²) in [5, 5.41) is 0. The lowest BCUT2D eigenvalue weighted by Crippen LogP contribution is -2.01. The average molecular weight is 149 g/mol. The number of rotatable bonds is 3. The van der Waals surface area contributed by atoms with Crippen LogP contribution in [0.15, 0.2) is 12.3 Å². The molecule has 57 valence electrons. The molecule has 1 aliphatic carbocycles. The summed E-state index contributed by atoms with van der Waals surface area (Å²) in [5.41, 5.74) is 0. The first kappa shape index (κ1) is 6.58. The third-order valence-electron chi connectivity index (χ3n) is 1.64. The molecule has 0 spiro atoms. The van der Waals surface area contributed by atoms with E-state index < -0.39 is 0 Å². The van der Waals surface area contributed by atoms with E-state index >= 15 is 0 Å². The van der Waals surface area contributed by atoms with Gasteiger partial charge in [-0.25, -0.2) is 4.98 Å². The minimum atomic E-state index is 0.444. The molecule has 1 heterocycles. The Balaban J connectivity index is 1.85. The number of hydrogen-bond donors (Lipinski definition) is 0. The molecule has 1 aliphatic rings. The van der Waals surface area contributed by atoms with Crippen LogP contribution in [-0.2, 0) is 0 Å². The molecule has 3 nitrogen and oxygen atoms in total. The predicted molar refractivity (Wildman–Crippen MR) is 39.1 cm³/mol. The van der Waals surface area contributed by atoms with Gasteiger partial charge in [0.05, 0.1) is 12.8 Å². The fourth-order valence-corrected chi connectivity index (χ4v) is 0.802. The molecule has 1 saturated carbocycles. The van der Waals surface area contributed by atoms with Gasteiger partial charge in [0.1, 0.15) is 0 Å². The minimum Gasteiger partial charge on any atom is -0.463 e. The zero-order valence-corrected chi connectivity index (χ0v) is 6.16. The zero-order chi connectivity index (χ0) is 7.52.